The monoisotopic (exact) mass is 318 g/mol. The zero-order valence-corrected chi connectivity index (χ0v) is 12.9. The smallest absolute Gasteiger partial charge is 0.151 e. The third kappa shape index (κ3) is 2.34. The van der Waals surface area contributed by atoms with Crippen LogP contribution >= 0.6 is 0 Å². The van der Waals surface area contributed by atoms with Crippen LogP contribution in [0, 0.1) is 0 Å². The molecule has 0 saturated carbocycles. The Morgan fingerprint density at radius 1 is 1.04 bits per heavy atom. The molecule has 0 amide bonds. The van der Waals surface area contributed by atoms with Crippen LogP contribution in [0.4, 0.5) is 11.4 Å². The maximum Gasteiger partial charge on any atom is 0.151 e. The molecule has 4 aromatic rings. The quantitative estimate of drug-likeness (QED) is 0.530. The number of nitrogens with one attached hydrogen (secondary N) is 1. The number of azo groups is 1. The summed E-state index contributed by atoms with van der Waals surface area (Å²) >= 11 is 0. The molecule has 4 rings (SSSR count). The first-order chi connectivity index (χ1) is 11.8. The molecule has 0 saturated heterocycles. The van der Waals surface area contributed by atoms with Crippen molar-refractivity contribution in [1.29, 1.82) is 0 Å². The highest BCUT2D eigenvalue weighted by molar-refractivity contribution is 5.97. The summed E-state index contributed by atoms with van der Waals surface area (Å²) in [6.45, 7) is 0. The second kappa shape index (κ2) is 5.66. The van der Waals surface area contributed by atoms with E-state index in [1.54, 1.807) is 19.4 Å². The molecule has 0 spiro atoms. The average molecular weight is 318 g/mol. The number of ether oxygens (including phenoxy) is 1. The van der Waals surface area contributed by atoms with Crippen LogP contribution < -0.4 is 4.74 Å². The van der Waals surface area contributed by atoms with E-state index in [0.717, 1.165) is 16.3 Å². The van der Waals surface area contributed by atoms with Crippen molar-refractivity contribution in [3.63, 3.8) is 0 Å². The average Bonchev–Trinajstić information content (AvgIpc) is 3.09. The highest BCUT2D eigenvalue weighted by atomic mass is 16.5. The van der Waals surface area contributed by atoms with Gasteiger partial charge in [-0.1, -0.05) is 24.3 Å². The van der Waals surface area contributed by atoms with Crippen molar-refractivity contribution < 1.29 is 9.84 Å². The first-order valence-electron chi connectivity index (χ1n) is 7.40. The summed E-state index contributed by atoms with van der Waals surface area (Å²) in [7, 11) is 1.59. The van der Waals surface area contributed by atoms with Gasteiger partial charge in [-0.2, -0.15) is 10.2 Å². The molecule has 0 aliphatic heterocycles. The summed E-state index contributed by atoms with van der Waals surface area (Å²) in [5.74, 6) is 0.724. The molecule has 0 radical (unpaired) electrons. The zero-order chi connectivity index (χ0) is 16.5. The van der Waals surface area contributed by atoms with Gasteiger partial charge in [0.1, 0.15) is 11.4 Å². The van der Waals surface area contributed by atoms with Gasteiger partial charge in [0.25, 0.3) is 0 Å². The Morgan fingerprint density at radius 3 is 2.71 bits per heavy atom. The van der Waals surface area contributed by atoms with Gasteiger partial charge in [-0.3, -0.25) is 5.10 Å². The number of phenolic OH excluding ortho intramolecular Hbond substituents is 1. The van der Waals surface area contributed by atoms with E-state index in [9.17, 15) is 5.11 Å². The van der Waals surface area contributed by atoms with Gasteiger partial charge in [-0.15, -0.1) is 5.11 Å². The molecule has 0 atom stereocenters. The minimum Gasteiger partial charge on any atom is -0.505 e. The Kier molecular flexibility index (Phi) is 3.35. The molecule has 118 valence electrons. The predicted octanol–water partition coefficient (Wildman–Crippen LogP) is 4.85. The van der Waals surface area contributed by atoms with Gasteiger partial charge in [0.15, 0.2) is 5.75 Å². The van der Waals surface area contributed by atoms with Gasteiger partial charge in [0, 0.05) is 22.2 Å². The number of phenols is 1. The first kappa shape index (κ1) is 14.2. The molecule has 3 aromatic carbocycles. The Labute approximate surface area is 137 Å². The van der Waals surface area contributed by atoms with Crippen LogP contribution in [0.3, 0.4) is 0 Å². The lowest BCUT2D eigenvalue weighted by Crippen LogP contribution is -1.85. The van der Waals surface area contributed by atoms with Gasteiger partial charge < -0.3 is 9.84 Å². The fourth-order valence-corrected chi connectivity index (χ4v) is 2.66. The molecule has 0 aliphatic rings. The van der Waals surface area contributed by atoms with E-state index in [4.69, 9.17) is 4.74 Å². The number of H-pyrrole nitrogens is 1. The minimum absolute atomic E-state index is 0.0829. The minimum atomic E-state index is 0.0829. The van der Waals surface area contributed by atoms with Crippen LogP contribution in [-0.2, 0) is 0 Å². The van der Waals surface area contributed by atoms with Gasteiger partial charge in [0.05, 0.1) is 24.5 Å². The van der Waals surface area contributed by atoms with Crippen LogP contribution in [-0.4, -0.2) is 22.4 Å². The van der Waals surface area contributed by atoms with Gasteiger partial charge in [0.2, 0.25) is 0 Å². The Bertz CT molecular complexity index is 1070. The van der Waals surface area contributed by atoms with E-state index in [-0.39, 0.29) is 5.75 Å². The van der Waals surface area contributed by atoms with Crippen molar-refractivity contribution in [2.24, 2.45) is 10.2 Å². The summed E-state index contributed by atoms with van der Waals surface area (Å²) in [4.78, 5) is 0. The molecular formula is C18H14N4O2. The van der Waals surface area contributed by atoms with E-state index < -0.39 is 0 Å². The molecule has 0 bridgehead atoms. The summed E-state index contributed by atoms with van der Waals surface area (Å²) in [6, 6.07) is 14.7. The number of fused-ring (bicyclic) bond motifs is 2. The topological polar surface area (TPSA) is 82.9 Å². The molecule has 1 heterocycles. The van der Waals surface area contributed by atoms with Gasteiger partial charge in [-0.05, 0) is 18.2 Å². The van der Waals surface area contributed by atoms with Crippen LogP contribution in [0.1, 0.15) is 0 Å². The normalized spacial score (nSPS) is 11.5. The largest absolute Gasteiger partial charge is 0.505 e. The standard InChI is InChI=1S/C18H14N4O2/c1-24-17-9-16(18(23)14-5-3-2-4-13(14)17)22-20-12-6-7-15-11(8-12)10-19-21-15/h2-10,23H,1H3,(H,19,21). The number of hydrogen-bond acceptors (Lipinski definition) is 5. The number of aromatic amines is 1. The van der Waals surface area contributed by atoms with Crippen LogP contribution in [0.2, 0.25) is 0 Å². The number of hydrogen-bond donors (Lipinski definition) is 2. The second-order valence-corrected chi connectivity index (χ2v) is 5.33. The fraction of sp³-hybridized carbons (Fsp3) is 0.0556. The maximum atomic E-state index is 10.5. The number of benzene rings is 3. The SMILES string of the molecule is COc1cc(N=Nc2ccc3[nH]ncc3c2)c(O)c2ccccc12. The molecule has 2 N–H and O–H groups in total. The third-order valence-electron chi connectivity index (χ3n) is 3.87. The highest BCUT2D eigenvalue weighted by Crippen LogP contribution is 2.41. The predicted molar refractivity (Wildman–Crippen MR) is 92.4 cm³/mol. The first-order valence-corrected chi connectivity index (χ1v) is 7.40. The number of aromatic hydroxyl groups is 1. The van der Waals surface area contributed by atoms with Crippen molar-refractivity contribution in [2.45, 2.75) is 0 Å². The molecule has 24 heavy (non-hydrogen) atoms. The molecule has 0 fully saturated rings. The fourth-order valence-electron chi connectivity index (χ4n) is 2.66. The van der Waals surface area contributed by atoms with Crippen molar-refractivity contribution in [1.82, 2.24) is 10.2 Å². The molecular weight excluding hydrogens is 304 g/mol. The summed E-state index contributed by atoms with van der Waals surface area (Å²) in [6.07, 6.45) is 1.73. The van der Waals surface area contributed by atoms with E-state index in [2.05, 4.69) is 20.4 Å². The molecule has 0 unspecified atom stereocenters. The molecule has 1 aromatic heterocycles. The number of methoxy groups -OCH3 is 1. The maximum absolute atomic E-state index is 10.5. The summed E-state index contributed by atoms with van der Waals surface area (Å²) in [5.41, 5.74) is 1.97. The van der Waals surface area contributed by atoms with Crippen LogP contribution in [0.15, 0.2) is 65.0 Å². The molecule has 0 aliphatic carbocycles. The number of nitrogens with zero attached hydrogens (tertiary/aromatic N) is 3. The lowest BCUT2D eigenvalue weighted by atomic mass is 10.1. The lowest BCUT2D eigenvalue weighted by molar-refractivity contribution is 0.418. The van der Waals surface area contributed by atoms with E-state index in [1.807, 2.05) is 42.5 Å². The molecule has 6 heteroatoms. The van der Waals surface area contributed by atoms with Crippen LogP contribution in [0.5, 0.6) is 11.5 Å². The Hall–Kier alpha value is -3.41. The van der Waals surface area contributed by atoms with Crippen molar-refractivity contribution >= 4 is 33.1 Å². The molecule has 6 nitrogen and oxygen atoms in total. The summed E-state index contributed by atoms with van der Waals surface area (Å²) < 4.78 is 5.40. The van der Waals surface area contributed by atoms with E-state index >= 15 is 0 Å². The van der Waals surface area contributed by atoms with Gasteiger partial charge in [-0.25, -0.2) is 0 Å². The zero-order valence-electron chi connectivity index (χ0n) is 12.9. The third-order valence-corrected chi connectivity index (χ3v) is 3.87. The highest BCUT2D eigenvalue weighted by Gasteiger charge is 2.11. The lowest BCUT2D eigenvalue weighted by Gasteiger charge is -2.09. The second-order valence-electron chi connectivity index (χ2n) is 5.33. The van der Waals surface area contributed by atoms with E-state index in [0.29, 0.717) is 22.5 Å². The van der Waals surface area contributed by atoms with Crippen LogP contribution in [0.25, 0.3) is 21.7 Å². The van der Waals surface area contributed by atoms with Crippen molar-refractivity contribution in [2.75, 3.05) is 7.11 Å². The van der Waals surface area contributed by atoms with Crippen molar-refractivity contribution in [3.8, 4) is 11.5 Å². The Morgan fingerprint density at radius 2 is 1.88 bits per heavy atom. The number of rotatable bonds is 3. The number of aromatic nitrogens is 2. The summed E-state index contributed by atoms with van der Waals surface area (Å²) in [5, 5.41) is 28.2. The Balaban J connectivity index is 1.79. The van der Waals surface area contributed by atoms with Crippen molar-refractivity contribution in [3.05, 3.63) is 54.7 Å². The van der Waals surface area contributed by atoms with E-state index in [1.165, 1.54) is 0 Å². The van der Waals surface area contributed by atoms with Gasteiger partial charge >= 0.3 is 0 Å².